The molecule has 2 aromatic rings. The molecule has 0 aromatic carbocycles. The van der Waals surface area contributed by atoms with Gasteiger partial charge in [-0.05, 0) is 89.4 Å². The van der Waals surface area contributed by atoms with Crippen molar-refractivity contribution in [2.45, 2.75) is 98.2 Å². The molecule has 0 fully saturated rings. The summed E-state index contributed by atoms with van der Waals surface area (Å²) in [5.41, 5.74) is 3.24. The minimum atomic E-state index is -0.0562. The van der Waals surface area contributed by atoms with Crippen molar-refractivity contribution >= 4 is 6.72 Å². The van der Waals surface area contributed by atoms with Crippen molar-refractivity contribution in [3.63, 3.8) is 0 Å². The molecule has 1 unspecified atom stereocenters. The molecule has 190 valence electrons. The molecular formula is C31H46N4. The maximum Gasteiger partial charge on any atom is 0.0544 e. The minimum absolute atomic E-state index is 0.0471. The fourth-order valence-electron chi connectivity index (χ4n) is 5.31. The molecule has 0 radical (unpaired) electrons. The van der Waals surface area contributed by atoms with E-state index in [1.807, 2.05) is 37.5 Å². The predicted octanol–water partition coefficient (Wildman–Crippen LogP) is 7.78. The lowest BCUT2D eigenvalue weighted by molar-refractivity contribution is 0.0254. The molecule has 1 atom stereocenters. The minimum Gasteiger partial charge on any atom is -0.290 e. The molecule has 0 aliphatic carbocycles. The fourth-order valence-corrected chi connectivity index (χ4v) is 5.31. The lowest BCUT2D eigenvalue weighted by atomic mass is 9.75. The lowest BCUT2D eigenvalue weighted by Gasteiger charge is -2.47. The van der Waals surface area contributed by atoms with E-state index in [4.69, 9.17) is 0 Å². The first-order valence-electron chi connectivity index (χ1n) is 12.7. The molecule has 35 heavy (non-hydrogen) atoms. The topological polar surface area (TPSA) is 41.4 Å². The van der Waals surface area contributed by atoms with Crippen molar-refractivity contribution < 1.29 is 0 Å². The van der Waals surface area contributed by atoms with Crippen LogP contribution in [0, 0.1) is 5.41 Å². The zero-order valence-corrected chi connectivity index (χ0v) is 23.3. The van der Waals surface area contributed by atoms with Gasteiger partial charge < -0.3 is 0 Å². The Bertz CT molecular complexity index is 972. The third-order valence-corrected chi connectivity index (χ3v) is 6.84. The van der Waals surface area contributed by atoms with E-state index < -0.39 is 0 Å². The third kappa shape index (κ3) is 9.18. The maximum absolute atomic E-state index is 4.69. The van der Waals surface area contributed by atoms with E-state index in [2.05, 4.69) is 111 Å². The van der Waals surface area contributed by atoms with Gasteiger partial charge in [-0.25, -0.2) is 0 Å². The summed E-state index contributed by atoms with van der Waals surface area (Å²) in [6.45, 7) is 22.8. The van der Waals surface area contributed by atoms with Crippen LogP contribution in [0.15, 0.2) is 77.7 Å². The molecule has 0 amide bonds. The molecule has 4 nitrogen and oxygen atoms in total. The second-order valence-corrected chi connectivity index (χ2v) is 11.9. The van der Waals surface area contributed by atoms with Crippen molar-refractivity contribution in [3.8, 4) is 0 Å². The SMILES string of the molecule is C=N/C(C)=C\C=C/CC(C)(C)CC(C)N(Cc1ccccn1)C(C)(C)CC(C)(C)c1ccccn1. The average Bonchev–Trinajstić information content (AvgIpc) is 2.80. The van der Waals surface area contributed by atoms with E-state index in [0.29, 0.717) is 6.04 Å². The summed E-state index contributed by atoms with van der Waals surface area (Å²) in [4.78, 5) is 16.0. The molecule has 0 N–H and O–H groups in total. The highest BCUT2D eigenvalue weighted by Gasteiger charge is 2.38. The third-order valence-electron chi connectivity index (χ3n) is 6.84. The first kappa shape index (κ1) is 28.6. The quantitative estimate of drug-likeness (QED) is 0.220. The van der Waals surface area contributed by atoms with Crippen LogP contribution in [0.2, 0.25) is 0 Å². The molecule has 4 heteroatoms. The van der Waals surface area contributed by atoms with Gasteiger partial charge >= 0.3 is 0 Å². The Kier molecular flexibility index (Phi) is 10.1. The van der Waals surface area contributed by atoms with Gasteiger partial charge in [0.15, 0.2) is 0 Å². The summed E-state index contributed by atoms with van der Waals surface area (Å²) >= 11 is 0. The highest BCUT2D eigenvalue weighted by atomic mass is 15.2. The van der Waals surface area contributed by atoms with Crippen molar-refractivity contribution in [3.05, 3.63) is 84.1 Å². The number of aromatic nitrogens is 2. The monoisotopic (exact) mass is 474 g/mol. The predicted molar refractivity (Wildman–Crippen MR) is 151 cm³/mol. The first-order valence-corrected chi connectivity index (χ1v) is 12.7. The number of allylic oxidation sites excluding steroid dienone is 4. The number of hydrogen-bond acceptors (Lipinski definition) is 4. The van der Waals surface area contributed by atoms with Gasteiger partial charge in [-0.3, -0.25) is 19.9 Å². The van der Waals surface area contributed by atoms with Gasteiger partial charge in [-0.1, -0.05) is 52.0 Å². The van der Waals surface area contributed by atoms with Crippen LogP contribution in [0.25, 0.3) is 0 Å². The van der Waals surface area contributed by atoms with Crippen LogP contribution in [0.1, 0.15) is 86.0 Å². The molecular weight excluding hydrogens is 428 g/mol. The molecule has 0 spiro atoms. The molecule has 2 heterocycles. The molecule has 0 bridgehead atoms. The van der Waals surface area contributed by atoms with Gasteiger partial charge in [0.1, 0.15) is 0 Å². The smallest absolute Gasteiger partial charge is 0.0544 e. The number of rotatable bonds is 13. The standard InChI is InChI=1S/C31H46N4/c1-25(32-9)16-10-13-19-29(3,4)22-26(2)35(23-27-17-11-14-20-33-27)31(7,8)24-30(5,6)28-18-12-15-21-34-28/h10-18,20-21,26H,9,19,22-24H2,1-8H3/b13-10-,25-16-. The highest BCUT2D eigenvalue weighted by molar-refractivity contribution is 5.29. The Hall–Kier alpha value is -2.59. The number of aliphatic imine (C=N–C) groups is 1. The second kappa shape index (κ2) is 12.4. The average molecular weight is 475 g/mol. The Morgan fingerprint density at radius 3 is 2.26 bits per heavy atom. The van der Waals surface area contributed by atoms with Gasteiger partial charge in [0.2, 0.25) is 0 Å². The van der Waals surface area contributed by atoms with Crippen LogP contribution >= 0.6 is 0 Å². The Balaban J connectivity index is 2.26. The van der Waals surface area contributed by atoms with Gasteiger partial charge in [0.05, 0.1) is 5.69 Å². The van der Waals surface area contributed by atoms with Gasteiger partial charge in [-0.15, -0.1) is 0 Å². The lowest BCUT2D eigenvalue weighted by Crippen LogP contribution is -2.52. The number of nitrogens with zero attached hydrogens (tertiary/aromatic N) is 4. The molecule has 0 saturated carbocycles. The van der Waals surface area contributed by atoms with Crippen LogP contribution in [-0.4, -0.2) is 33.2 Å². The van der Waals surface area contributed by atoms with Crippen LogP contribution in [-0.2, 0) is 12.0 Å². The Morgan fingerprint density at radius 2 is 1.69 bits per heavy atom. The summed E-state index contributed by atoms with van der Waals surface area (Å²) in [6.07, 6.45) is 13.2. The van der Waals surface area contributed by atoms with E-state index >= 15 is 0 Å². The van der Waals surface area contributed by atoms with E-state index in [0.717, 1.165) is 42.9 Å². The Labute approximate surface area is 214 Å². The van der Waals surface area contributed by atoms with Crippen LogP contribution < -0.4 is 0 Å². The van der Waals surface area contributed by atoms with Gasteiger partial charge in [0.25, 0.3) is 0 Å². The van der Waals surface area contributed by atoms with Crippen molar-refractivity contribution in [2.75, 3.05) is 0 Å². The van der Waals surface area contributed by atoms with Crippen LogP contribution in [0.5, 0.6) is 0 Å². The number of pyridine rings is 2. The molecule has 2 rings (SSSR count). The fraction of sp³-hybridized carbons (Fsp3) is 0.516. The largest absolute Gasteiger partial charge is 0.290 e. The van der Waals surface area contributed by atoms with Crippen molar-refractivity contribution in [2.24, 2.45) is 10.4 Å². The van der Waals surface area contributed by atoms with Gasteiger partial charge in [0, 0.05) is 47.3 Å². The summed E-state index contributed by atoms with van der Waals surface area (Å²) < 4.78 is 0. The molecule has 0 saturated heterocycles. The molecule has 0 aliphatic heterocycles. The molecule has 0 aliphatic rings. The number of hydrogen-bond donors (Lipinski definition) is 0. The van der Waals surface area contributed by atoms with E-state index in [9.17, 15) is 0 Å². The summed E-state index contributed by atoms with van der Waals surface area (Å²) in [5.74, 6) is 0. The zero-order chi connectivity index (χ0) is 26.1. The second-order valence-electron chi connectivity index (χ2n) is 11.9. The van der Waals surface area contributed by atoms with Gasteiger partial charge in [-0.2, -0.15) is 0 Å². The highest BCUT2D eigenvalue weighted by Crippen LogP contribution is 2.38. The van der Waals surface area contributed by atoms with Crippen molar-refractivity contribution in [1.82, 2.24) is 14.9 Å². The first-order chi connectivity index (χ1) is 16.4. The van der Waals surface area contributed by atoms with E-state index in [-0.39, 0.29) is 16.4 Å². The van der Waals surface area contributed by atoms with E-state index in [1.54, 1.807) is 0 Å². The summed E-state index contributed by atoms with van der Waals surface area (Å²) in [6, 6.07) is 12.8. The maximum atomic E-state index is 4.69. The zero-order valence-electron chi connectivity index (χ0n) is 23.3. The van der Waals surface area contributed by atoms with Crippen LogP contribution in [0.4, 0.5) is 0 Å². The summed E-state index contributed by atoms with van der Waals surface area (Å²) in [5, 5.41) is 0. The van der Waals surface area contributed by atoms with Crippen molar-refractivity contribution in [1.29, 1.82) is 0 Å². The molecule has 2 aromatic heterocycles. The van der Waals surface area contributed by atoms with Crippen LogP contribution in [0.3, 0.4) is 0 Å². The summed E-state index contributed by atoms with van der Waals surface area (Å²) in [7, 11) is 0. The Morgan fingerprint density at radius 1 is 1.03 bits per heavy atom. The normalized spacial score (nSPS) is 14.5. The van der Waals surface area contributed by atoms with E-state index in [1.165, 1.54) is 0 Å².